The molecular formula is C21H27ClN2O3S. The number of terminal acetylenes is 1. The predicted molar refractivity (Wildman–Crippen MR) is 110 cm³/mol. The van der Waals surface area contributed by atoms with Crippen LogP contribution in [0, 0.1) is 12.3 Å². The number of sulfonamides is 1. The molecule has 0 spiro atoms. The Balaban J connectivity index is 0.00000392. The van der Waals surface area contributed by atoms with E-state index < -0.39 is 10.0 Å². The van der Waals surface area contributed by atoms with Crippen LogP contribution in [0.4, 0.5) is 5.69 Å². The van der Waals surface area contributed by atoms with Crippen LogP contribution in [0.2, 0.25) is 0 Å². The molecule has 5 nitrogen and oxygen atoms in total. The monoisotopic (exact) mass is 422 g/mol. The lowest BCUT2D eigenvalue weighted by Crippen LogP contribution is -3.00. The first-order chi connectivity index (χ1) is 12.7. The summed E-state index contributed by atoms with van der Waals surface area (Å²) in [5.74, 6) is 2.72. The summed E-state index contributed by atoms with van der Waals surface area (Å²) in [6.45, 7) is 1.50. The van der Waals surface area contributed by atoms with E-state index in [1.54, 1.807) is 6.07 Å². The summed E-state index contributed by atoms with van der Waals surface area (Å²) in [6, 6.07) is 17.3. The van der Waals surface area contributed by atoms with E-state index in [-0.39, 0.29) is 18.4 Å². The molecule has 1 unspecified atom stereocenters. The molecule has 7 heteroatoms. The number of ether oxygens (including phenoxy) is 1. The lowest BCUT2D eigenvalue weighted by molar-refractivity contribution is -0.915. The van der Waals surface area contributed by atoms with Gasteiger partial charge in [0.2, 0.25) is 10.0 Å². The number of rotatable bonds is 9. The van der Waals surface area contributed by atoms with Crippen LogP contribution in [0.3, 0.4) is 0 Å². The van der Waals surface area contributed by atoms with Gasteiger partial charge in [0.1, 0.15) is 19.2 Å². The van der Waals surface area contributed by atoms with Crippen LogP contribution in [0.25, 0.3) is 0 Å². The molecule has 2 rings (SSSR count). The van der Waals surface area contributed by atoms with Crippen molar-refractivity contribution in [3.8, 4) is 12.3 Å². The van der Waals surface area contributed by atoms with Crippen molar-refractivity contribution in [3.63, 3.8) is 0 Å². The van der Waals surface area contributed by atoms with Crippen LogP contribution in [0.5, 0.6) is 0 Å². The molecular weight excluding hydrogens is 396 g/mol. The quantitative estimate of drug-likeness (QED) is 0.458. The summed E-state index contributed by atoms with van der Waals surface area (Å²) in [7, 11) is 0.760. The predicted octanol–water partition coefficient (Wildman–Crippen LogP) is 0.0296. The van der Waals surface area contributed by atoms with Crippen molar-refractivity contribution in [1.29, 1.82) is 0 Å². The smallest absolute Gasteiger partial charge is 0.229 e. The number of halogens is 1. The van der Waals surface area contributed by atoms with Crippen LogP contribution in [0.15, 0.2) is 54.6 Å². The highest BCUT2D eigenvalue weighted by molar-refractivity contribution is 7.92. The largest absolute Gasteiger partial charge is 1.00 e. The van der Waals surface area contributed by atoms with E-state index in [9.17, 15) is 8.42 Å². The van der Waals surface area contributed by atoms with E-state index in [2.05, 4.69) is 10.6 Å². The first kappa shape index (κ1) is 24.0. The molecule has 0 fully saturated rings. The Morgan fingerprint density at radius 2 is 1.82 bits per heavy atom. The normalized spacial score (nSPS) is 12.5. The lowest BCUT2D eigenvalue weighted by Gasteiger charge is -2.36. The molecule has 28 heavy (non-hydrogen) atoms. The standard InChI is InChI=1S/C21H27N2O3S.ClH/c1-5-14-23(2,3)21(17-26-16-18-10-7-6-8-11-18)19-12-9-13-20(15-19)22-27(4,24)25;/h1,6-13,15,21-22H,14,16-17H2,2-4H3;1H/q+1;/p-1. The van der Waals surface area contributed by atoms with Gasteiger partial charge in [-0.2, -0.15) is 0 Å². The fourth-order valence-electron chi connectivity index (χ4n) is 2.93. The summed E-state index contributed by atoms with van der Waals surface area (Å²) in [5, 5.41) is 0. The second-order valence-corrected chi connectivity index (χ2v) is 8.91. The van der Waals surface area contributed by atoms with Crippen molar-refractivity contribution in [3.05, 3.63) is 65.7 Å². The summed E-state index contributed by atoms with van der Waals surface area (Å²) in [6.07, 6.45) is 6.70. The third-order valence-electron chi connectivity index (χ3n) is 4.30. The Morgan fingerprint density at radius 1 is 1.14 bits per heavy atom. The summed E-state index contributed by atoms with van der Waals surface area (Å²) in [5.41, 5.74) is 2.60. The molecule has 0 saturated heterocycles. The average Bonchev–Trinajstić information content (AvgIpc) is 2.58. The van der Waals surface area contributed by atoms with Crippen LogP contribution in [0.1, 0.15) is 17.2 Å². The zero-order valence-electron chi connectivity index (χ0n) is 16.4. The highest BCUT2D eigenvalue weighted by Crippen LogP contribution is 2.28. The molecule has 1 atom stereocenters. The second-order valence-electron chi connectivity index (χ2n) is 7.16. The molecule has 0 aromatic heterocycles. The number of likely N-dealkylation sites (N-methyl/N-ethyl adjacent to an activating group) is 1. The van der Waals surface area contributed by atoms with Gasteiger partial charge in [-0.05, 0) is 23.6 Å². The molecule has 0 aliphatic heterocycles. The lowest BCUT2D eigenvalue weighted by atomic mass is 10.0. The molecule has 1 N–H and O–H groups in total. The van der Waals surface area contributed by atoms with Crippen LogP contribution >= 0.6 is 0 Å². The van der Waals surface area contributed by atoms with Crippen molar-refractivity contribution in [2.24, 2.45) is 0 Å². The Bertz CT molecular complexity index is 893. The highest BCUT2D eigenvalue weighted by atomic mass is 35.5. The minimum absolute atomic E-state index is 0. The first-order valence-corrected chi connectivity index (χ1v) is 10.6. The molecule has 0 saturated carbocycles. The number of anilines is 1. The summed E-state index contributed by atoms with van der Waals surface area (Å²) >= 11 is 0. The number of hydrogen-bond donors (Lipinski definition) is 1. The van der Waals surface area contributed by atoms with Gasteiger partial charge >= 0.3 is 0 Å². The topological polar surface area (TPSA) is 55.4 Å². The van der Waals surface area contributed by atoms with E-state index >= 15 is 0 Å². The Hall–Kier alpha value is -2.04. The van der Waals surface area contributed by atoms with Crippen molar-refractivity contribution in [1.82, 2.24) is 0 Å². The minimum Gasteiger partial charge on any atom is -1.00 e. The maximum absolute atomic E-state index is 11.5. The fourth-order valence-corrected chi connectivity index (χ4v) is 3.49. The maximum Gasteiger partial charge on any atom is 0.229 e. The van der Waals surface area contributed by atoms with Gasteiger partial charge in [0.15, 0.2) is 0 Å². The molecule has 0 bridgehead atoms. The van der Waals surface area contributed by atoms with Gasteiger partial charge in [-0.3, -0.25) is 4.72 Å². The van der Waals surface area contributed by atoms with E-state index in [0.29, 0.717) is 29.9 Å². The first-order valence-electron chi connectivity index (χ1n) is 8.67. The molecule has 0 aliphatic carbocycles. The van der Waals surface area contributed by atoms with Gasteiger partial charge in [-0.1, -0.05) is 42.5 Å². The van der Waals surface area contributed by atoms with E-state index in [1.165, 1.54) is 0 Å². The number of quaternary nitrogens is 1. The maximum atomic E-state index is 11.5. The molecule has 2 aromatic rings. The fraction of sp³-hybridized carbons (Fsp3) is 0.333. The van der Waals surface area contributed by atoms with Crippen molar-refractivity contribution in [2.75, 3.05) is 38.2 Å². The van der Waals surface area contributed by atoms with E-state index in [0.717, 1.165) is 17.4 Å². The molecule has 0 amide bonds. The molecule has 0 radical (unpaired) electrons. The zero-order chi connectivity index (χ0) is 19.9. The van der Waals surface area contributed by atoms with Crippen molar-refractivity contribution >= 4 is 15.7 Å². The Kier molecular flexibility index (Phi) is 8.99. The van der Waals surface area contributed by atoms with Crippen LogP contribution in [-0.4, -0.2) is 46.4 Å². The van der Waals surface area contributed by atoms with Gasteiger partial charge < -0.3 is 21.6 Å². The van der Waals surface area contributed by atoms with Crippen molar-refractivity contribution in [2.45, 2.75) is 12.6 Å². The summed E-state index contributed by atoms with van der Waals surface area (Å²) < 4.78 is 32.1. The molecule has 152 valence electrons. The number of hydrogen-bond acceptors (Lipinski definition) is 3. The van der Waals surface area contributed by atoms with E-state index in [1.807, 2.05) is 62.6 Å². The molecule has 0 heterocycles. The van der Waals surface area contributed by atoms with Gasteiger partial charge in [-0.15, -0.1) is 6.42 Å². The number of nitrogens with zero attached hydrogens (tertiary/aromatic N) is 1. The Morgan fingerprint density at radius 3 is 2.43 bits per heavy atom. The van der Waals surface area contributed by atoms with E-state index in [4.69, 9.17) is 11.2 Å². The number of nitrogens with one attached hydrogen (secondary N) is 1. The minimum atomic E-state index is -3.34. The molecule has 2 aromatic carbocycles. The van der Waals surface area contributed by atoms with Crippen LogP contribution < -0.4 is 17.1 Å². The van der Waals surface area contributed by atoms with Crippen LogP contribution in [-0.2, 0) is 21.4 Å². The SMILES string of the molecule is C#CC[N+](C)(C)C(COCc1ccccc1)c1cccc(NS(C)(=O)=O)c1.[Cl-]. The average molecular weight is 423 g/mol. The third kappa shape index (κ3) is 7.53. The van der Waals surface area contributed by atoms with Gasteiger partial charge in [0.05, 0.1) is 27.0 Å². The van der Waals surface area contributed by atoms with Gasteiger partial charge in [0, 0.05) is 11.3 Å². The summed E-state index contributed by atoms with van der Waals surface area (Å²) in [4.78, 5) is 0. The van der Waals surface area contributed by atoms with Crippen molar-refractivity contribution < 1.29 is 30.0 Å². The third-order valence-corrected chi connectivity index (χ3v) is 4.91. The highest BCUT2D eigenvalue weighted by Gasteiger charge is 2.30. The zero-order valence-corrected chi connectivity index (χ0v) is 18.0. The van der Waals surface area contributed by atoms with Gasteiger partial charge in [0.25, 0.3) is 0 Å². The number of benzene rings is 2. The second kappa shape index (κ2) is 10.5. The molecule has 0 aliphatic rings. The Labute approximate surface area is 174 Å². The van der Waals surface area contributed by atoms with Gasteiger partial charge in [-0.25, -0.2) is 8.42 Å².